The number of fused-ring (bicyclic) bond motifs is 2. The Hall–Kier alpha value is -3.85. The van der Waals surface area contributed by atoms with Crippen molar-refractivity contribution < 1.29 is 4.79 Å². The number of aromatic amines is 1. The first-order valence-electron chi connectivity index (χ1n) is 10.5. The maximum atomic E-state index is 11.9. The van der Waals surface area contributed by atoms with Crippen LogP contribution in [0.2, 0.25) is 0 Å². The molecular weight excluding hydrogens is 386 g/mol. The van der Waals surface area contributed by atoms with E-state index in [9.17, 15) is 10.1 Å². The highest BCUT2D eigenvalue weighted by Gasteiger charge is 2.24. The zero-order valence-corrected chi connectivity index (χ0v) is 17.4. The van der Waals surface area contributed by atoms with Crippen LogP contribution in [0.1, 0.15) is 30.0 Å². The van der Waals surface area contributed by atoms with E-state index in [-0.39, 0.29) is 11.9 Å². The van der Waals surface area contributed by atoms with Gasteiger partial charge in [-0.2, -0.15) is 10.4 Å². The van der Waals surface area contributed by atoms with Crippen molar-refractivity contribution in [1.82, 2.24) is 19.7 Å². The van der Waals surface area contributed by atoms with Gasteiger partial charge in [-0.05, 0) is 60.7 Å². The van der Waals surface area contributed by atoms with Crippen LogP contribution in [-0.4, -0.2) is 38.7 Å². The molecular formula is C25H23N5O. The molecule has 2 aromatic carbocycles. The molecule has 0 aliphatic carbocycles. The molecule has 6 nitrogen and oxygen atoms in total. The van der Waals surface area contributed by atoms with E-state index in [1.54, 1.807) is 0 Å². The average Bonchev–Trinajstić information content (AvgIpc) is 3.42. The van der Waals surface area contributed by atoms with Gasteiger partial charge in [0.1, 0.15) is 6.07 Å². The summed E-state index contributed by atoms with van der Waals surface area (Å²) >= 11 is 0. The molecule has 5 rings (SSSR count). The number of piperidine rings is 1. The number of aryl methyl sites for hydroxylation is 1. The number of likely N-dealkylation sites (tertiary alicyclic amines) is 1. The summed E-state index contributed by atoms with van der Waals surface area (Å²) in [7, 11) is 0. The second-order valence-electron chi connectivity index (χ2n) is 8.14. The Labute approximate surface area is 180 Å². The number of aromatic nitrogens is 3. The predicted octanol–water partition coefficient (Wildman–Crippen LogP) is 4.71. The molecule has 1 amide bonds. The second-order valence-corrected chi connectivity index (χ2v) is 8.14. The van der Waals surface area contributed by atoms with Gasteiger partial charge in [0.25, 0.3) is 0 Å². The fourth-order valence-corrected chi connectivity index (χ4v) is 4.80. The average molecular weight is 409 g/mol. The summed E-state index contributed by atoms with van der Waals surface area (Å²) in [6, 6.07) is 13.1. The summed E-state index contributed by atoms with van der Waals surface area (Å²) in [4.78, 5) is 13.7. The van der Waals surface area contributed by atoms with Gasteiger partial charge >= 0.3 is 0 Å². The van der Waals surface area contributed by atoms with Crippen molar-refractivity contribution in [3.8, 4) is 17.2 Å². The molecule has 1 aliphatic heterocycles. The van der Waals surface area contributed by atoms with Crippen molar-refractivity contribution in [2.75, 3.05) is 13.1 Å². The summed E-state index contributed by atoms with van der Waals surface area (Å²) < 4.78 is 2.22. The highest BCUT2D eigenvalue weighted by atomic mass is 16.2. The van der Waals surface area contributed by atoms with E-state index < -0.39 is 0 Å². The van der Waals surface area contributed by atoms with Crippen LogP contribution < -0.4 is 0 Å². The molecule has 2 aromatic heterocycles. The van der Waals surface area contributed by atoms with Gasteiger partial charge in [0.2, 0.25) is 5.91 Å². The first kappa shape index (κ1) is 19.1. The van der Waals surface area contributed by atoms with Crippen molar-refractivity contribution in [3.63, 3.8) is 0 Å². The number of hydrogen-bond donors (Lipinski definition) is 1. The summed E-state index contributed by atoms with van der Waals surface area (Å²) in [6.07, 6.45) is 6.93. The minimum Gasteiger partial charge on any atom is -0.343 e. The lowest BCUT2D eigenvalue weighted by Gasteiger charge is -2.32. The first-order valence-corrected chi connectivity index (χ1v) is 10.5. The lowest BCUT2D eigenvalue weighted by Crippen LogP contribution is -2.37. The molecule has 4 aromatic rings. The lowest BCUT2D eigenvalue weighted by atomic mass is 9.95. The van der Waals surface area contributed by atoms with Crippen LogP contribution in [0.15, 0.2) is 55.4 Å². The molecule has 1 aliphatic rings. The normalized spacial score (nSPS) is 14.8. The fourth-order valence-electron chi connectivity index (χ4n) is 4.80. The Kier molecular flexibility index (Phi) is 4.59. The minimum absolute atomic E-state index is 0.0121. The molecule has 0 bridgehead atoms. The van der Waals surface area contributed by atoms with E-state index in [1.165, 1.54) is 11.6 Å². The number of rotatable bonds is 3. The molecule has 0 radical (unpaired) electrons. The van der Waals surface area contributed by atoms with E-state index in [2.05, 4.69) is 58.6 Å². The molecule has 154 valence electrons. The number of nitriles is 1. The van der Waals surface area contributed by atoms with Gasteiger partial charge in [0, 0.05) is 41.6 Å². The summed E-state index contributed by atoms with van der Waals surface area (Å²) in [5.41, 5.74) is 6.13. The summed E-state index contributed by atoms with van der Waals surface area (Å²) in [5.74, 6) is -0.0121. The molecule has 1 fully saturated rings. The third-order valence-electron chi connectivity index (χ3n) is 6.42. The monoisotopic (exact) mass is 409 g/mol. The van der Waals surface area contributed by atoms with Crippen molar-refractivity contribution >= 4 is 27.7 Å². The van der Waals surface area contributed by atoms with Gasteiger partial charge in [-0.15, -0.1) is 0 Å². The maximum Gasteiger partial charge on any atom is 0.245 e. The Bertz CT molecular complexity index is 1360. The van der Waals surface area contributed by atoms with Crippen molar-refractivity contribution in [3.05, 3.63) is 66.5 Å². The lowest BCUT2D eigenvalue weighted by molar-refractivity contribution is -0.127. The quantitative estimate of drug-likeness (QED) is 0.498. The number of nitrogens with one attached hydrogen (secondary N) is 1. The fraction of sp³-hybridized carbons (Fsp3) is 0.240. The van der Waals surface area contributed by atoms with E-state index in [4.69, 9.17) is 0 Å². The third kappa shape index (κ3) is 3.10. The van der Waals surface area contributed by atoms with Gasteiger partial charge in [-0.3, -0.25) is 9.89 Å². The van der Waals surface area contributed by atoms with Crippen molar-refractivity contribution in [1.29, 1.82) is 5.26 Å². The highest BCUT2D eigenvalue weighted by Crippen LogP contribution is 2.36. The molecule has 0 atom stereocenters. The van der Waals surface area contributed by atoms with Gasteiger partial charge in [-0.25, -0.2) is 0 Å². The number of carbonyl (C=O) groups excluding carboxylic acids is 1. The Morgan fingerprint density at radius 2 is 2.06 bits per heavy atom. The Morgan fingerprint density at radius 1 is 1.26 bits per heavy atom. The first-order chi connectivity index (χ1) is 15.1. The SMILES string of the molecule is C=CC(=O)N1CCC(n2cc(C#N)c3cc(-c4c(C)ccc5[nH]ncc45)ccc32)CC1. The molecule has 1 N–H and O–H groups in total. The van der Waals surface area contributed by atoms with Crippen LogP contribution in [0.25, 0.3) is 32.9 Å². The van der Waals surface area contributed by atoms with E-state index in [0.717, 1.165) is 45.8 Å². The number of benzene rings is 2. The maximum absolute atomic E-state index is 11.9. The number of H-pyrrole nitrogens is 1. The second kappa shape index (κ2) is 7.44. The molecule has 0 unspecified atom stereocenters. The number of hydrogen-bond acceptors (Lipinski definition) is 3. The molecule has 1 saturated heterocycles. The van der Waals surface area contributed by atoms with Crippen LogP contribution in [0.5, 0.6) is 0 Å². The van der Waals surface area contributed by atoms with Gasteiger partial charge < -0.3 is 9.47 Å². The van der Waals surface area contributed by atoms with Crippen LogP contribution in [-0.2, 0) is 4.79 Å². The van der Waals surface area contributed by atoms with E-state index in [1.807, 2.05) is 23.4 Å². The molecule has 31 heavy (non-hydrogen) atoms. The Balaban J connectivity index is 1.56. The van der Waals surface area contributed by atoms with E-state index >= 15 is 0 Å². The van der Waals surface area contributed by atoms with Crippen molar-refractivity contribution in [2.45, 2.75) is 25.8 Å². The van der Waals surface area contributed by atoms with Crippen LogP contribution in [0.3, 0.4) is 0 Å². The predicted molar refractivity (Wildman–Crippen MR) is 122 cm³/mol. The topological polar surface area (TPSA) is 77.7 Å². The summed E-state index contributed by atoms with van der Waals surface area (Å²) in [6.45, 7) is 7.09. The molecule has 6 heteroatoms. The number of carbonyl (C=O) groups is 1. The zero-order valence-electron chi connectivity index (χ0n) is 17.4. The molecule has 3 heterocycles. The van der Waals surface area contributed by atoms with Crippen LogP contribution in [0, 0.1) is 18.3 Å². The smallest absolute Gasteiger partial charge is 0.245 e. The molecule has 0 spiro atoms. The van der Waals surface area contributed by atoms with Gasteiger partial charge in [0.15, 0.2) is 0 Å². The zero-order chi connectivity index (χ0) is 21.5. The largest absolute Gasteiger partial charge is 0.343 e. The third-order valence-corrected chi connectivity index (χ3v) is 6.42. The highest BCUT2D eigenvalue weighted by molar-refractivity contribution is 5.99. The van der Waals surface area contributed by atoms with Crippen molar-refractivity contribution in [2.24, 2.45) is 0 Å². The number of nitrogens with zero attached hydrogens (tertiary/aromatic N) is 4. The van der Waals surface area contributed by atoms with Gasteiger partial charge in [0.05, 0.1) is 17.3 Å². The van der Waals surface area contributed by atoms with Crippen LogP contribution in [0.4, 0.5) is 0 Å². The minimum atomic E-state index is -0.0121. The standard InChI is InChI=1S/C25H23N5O/c1-3-24(31)29-10-8-19(9-11-29)30-15-18(13-26)20-12-17(5-7-23(20)30)25-16(2)4-6-22-21(25)14-27-28-22/h3-7,12,14-15,19H,1,8-11H2,2H3,(H,27,28). The Morgan fingerprint density at radius 3 is 2.81 bits per heavy atom. The van der Waals surface area contributed by atoms with E-state index in [0.29, 0.717) is 18.7 Å². The van der Waals surface area contributed by atoms with Gasteiger partial charge in [-0.1, -0.05) is 18.7 Å². The van der Waals surface area contributed by atoms with Crippen LogP contribution >= 0.6 is 0 Å². The summed E-state index contributed by atoms with van der Waals surface area (Å²) in [5, 5.41) is 19.1. The molecule has 0 saturated carbocycles. The number of amides is 1.